The Morgan fingerprint density at radius 2 is 2.17 bits per heavy atom. The lowest BCUT2D eigenvalue weighted by Crippen LogP contribution is -2.50. The number of aryl methyl sites for hydroxylation is 1. The molecular formula is C17H21N3O2S. The molecule has 0 spiro atoms. The Hall–Kier alpha value is -1.76. The fourth-order valence-electron chi connectivity index (χ4n) is 2.83. The van der Waals surface area contributed by atoms with Crippen LogP contribution in [0.25, 0.3) is 10.4 Å². The Labute approximate surface area is 139 Å². The third-order valence-corrected chi connectivity index (χ3v) is 5.18. The molecule has 1 aliphatic rings. The molecule has 1 unspecified atom stereocenters. The molecule has 6 heteroatoms. The quantitative estimate of drug-likeness (QED) is 0.751. The van der Waals surface area contributed by atoms with Crippen molar-refractivity contribution >= 4 is 17.2 Å². The smallest absolute Gasteiger partial charge is 0.239 e. The van der Waals surface area contributed by atoms with Crippen LogP contribution in [-0.4, -0.2) is 28.6 Å². The van der Waals surface area contributed by atoms with Crippen LogP contribution in [0.15, 0.2) is 29.8 Å². The van der Waals surface area contributed by atoms with Crippen LogP contribution in [0.5, 0.6) is 0 Å². The summed E-state index contributed by atoms with van der Waals surface area (Å²) in [7, 11) is 0. The monoisotopic (exact) mass is 331 g/mol. The lowest BCUT2D eigenvalue weighted by molar-refractivity contribution is -0.130. The van der Waals surface area contributed by atoms with Crippen molar-refractivity contribution in [2.24, 2.45) is 0 Å². The van der Waals surface area contributed by atoms with Crippen LogP contribution < -0.4 is 10.6 Å². The molecule has 0 bridgehead atoms. The number of nitrogens with zero attached hydrogens (tertiary/aromatic N) is 1. The van der Waals surface area contributed by atoms with Crippen LogP contribution in [0.1, 0.15) is 31.0 Å². The first-order valence-corrected chi connectivity index (χ1v) is 8.64. The lowest BCUT2D eigenvalue weighted by Gasteiger charge is -2.27. The Morgan fingerprint density at radius 1 is 1.43 bits per heavy atom. The molecule has 0 radical (unpaired) electrons. The molecule has 1 saturated heterocycles. The zero-order valence-electron chi connectivity index (χ0n) is 13.3. The summed E-state index contributed by atoms with van der Waals surface area (Å²) >= 11 is 1.59. The van der Waals surface area contributed by atoms with E-state index in [9.17, 15) is 9.90 Å². The number of hydrogen-bond donors (Lipinski definition) is 3. The van der Waals surface area contributed by atoms with E-state index in [4.69, 9.17) is 0 Å². The van der Waals surface area contributed by atoms with Crippen molar-refractivity contribution in [3.63, 3.8) is 0 Å². The van der Waals surface area contributed by atoms with Gasteiger partial charge in [0.2, 0.25) is 5.91 Å². The summed E-state index contributed by atoms with van der Waals surface area (Å²) in [6, 6.07) is 7.38. The standard InChI is InChI=1S/C17H21N3O2S/c1-11-15(23-10-19-11)12-5-7-13(8-6-12)17(2,22)20-16(21)14-4-3-9-18-14/h5-8,10,14,18,22H,3-4,9H2,1-2H3,(H,20,21)/t14?,17-/m0/s1. The molecule has 1 amide bonds. The predicted molar refractivity (Wildman–Crippen MR) is 91.0 cm³/mol. The van der Waals surface area contributed by atoms with E-state index >= 15 is 0 Å². The second-order valence-corrected chi connectivity index (χ2v) is 6.91. The van der Waals surface area contributed by atoms with Gasteiger partial charge >= 0.3 is 0 Å². The molecule has 2 atom stereocenters. The number of rotatable bonds is 4. The van der Waals surface area contributed by atoms with Crippen molar-refractivity contribution < 1.29 is 9.90 Å². The number of carbonyl (C=O) groups is 1. The molecule has 5 nitrogen and oxygen atoms in total. The highest BCUT2D eigenvalue weighted by molar-refractivity contribution is 7.13. The van der Waals surface area contributed by atoms with Crippen LogP contribution in [0.3, 0.4) is 0 Å². The number of aliphatic hydroxyl groups is 1. The van der Waals surface area contributed by atoms with E-state index < -0.39 is 5.72 Å². The normalized spacial score (nSPS) is 20.2. The minimum absolute atomic E-state index is 0.158. The molecule has 2 aromatic rings. The van der Waals surface area contributed by atoms with Gasteiger partial charge in [-0.2, -0.15) is 0 Å². The highest BCUT2D eigenvalue weighted by Crippen LogP contribution is 2.29. The molecule has 1 aromatic carbocycles. The largest absolute Gasteiger partial charge is 0.367 e. The topological polar surface area (TPSA) is 74.2 Å². The third kappa shape index (κ3) is 3.44. The summed E-state index contributed by atoms with van der Waals surface area (Å²) in [4.78, 5) is 17.6. The maximum atomic E-state index is 12.2. The molecule has 1 aliphatic heterocycles. The summed E-state index contributed by atoms with van der Waals surface area (Å²) in [6.45, 7) is 4.43. The van der Waals surface area contributed by atoms with Gasteiger partial charge in [0.15, 0.2) is 5.72 Å². The Kier molecular flexibility index (Phi) is 4.48. The predicted octanol–water partition coefficient (Wildman–Crippen LogP) is 2.15. The number of thiazole rings is 1. The van der Waals surface area contributed by atoms with E-state index in [2.05, 4.69) is 15.6 Å². The van der Waals surface area contributed by atoms with Crippen LogP contribution in [0.2, 0.25) is 0 Å². The molecule has 122 valence electrons. The van der Waals surface area contributed by atoms with E-state index in [1.807, 2.05) is 36.7 Å². The molecule has 3 rings (SSSR count). The minimum atomic E-state index is -1.39. The molecule has 1 fully saturated rings. The average molecular weight is 331 g/mol. The molecule has 0 saturated carbocycles. The summed E-state index contributed by atoms with van der Waals surface area (Å²) in [6.07, 6.45) is 1.80. The zero-order valence-corrected chi connectivity index (χ0v) is 14.1. The number of nitrogens with one attached hydrogen (secondary N) is 2. The third-order valence-electron chi connectivity index (χ3n) is 4.20. The maximum Gasteiger partial charge on any atom is 0.239 e. The molecule has 2 heterocycles. The Balaban J connectivity index is 1.74. The van der Waals surface area contributed by atoms with Crippen molar-refractivity contribution in [1.82, 2.24) is 15.6 Å². The van der Waals surface area contributed by atoms with Gasteiger partial charge in [0, 0.05) is 5.56 Å². The molecule has 0 aliphatic carbocycles. The second kappa shape index (κ2) is 6.39. The molecule has 3 N–H and O–H groups in total. The molecular weight excluding hydrogens is 310 g/mol. The van der Waals surface area contributed by atoms with Crippen LogP contribution in [0.4, 0.5) is 0 Å². The first-order valence-electron chi connectivity index (χ1n) is 7.76. The highest BCUT2D eigenvalue weighted by atomic mass is 32.1. The van der Waals surface area contributed by atoms with Crippen LogP contribution in [0, 0.1) is 6.92 Å². The Morgan fingerprint density at radius 3 is 2.74 bits per heavy atom. The fourth-order valence-corrected chi connectivity index (χ4v) is 3.64. The van der Waals surface area contributed by atoms with E-state index in [-0.39, 0.29) is 11.9 Å². The second-order valence-electron chi connectivity index (χ2n) is 6.05. The number of aromatic nitrogens is 1. The minimum Gasteiger partial charge on any atom is -0.367 e. The summed E-state index contributed by atoms with van der Waals surface area (Å²) < 4.78 is 0. The van der Waals surface area contributed by atoms with Gasteiger partial charge < -0.3 is 15.7 Å². The fraction of sp³-hybridized carbons (Fsp3) is 0.412. The SMILES string of the molecule is Cc1ncsc1-c1ccc([C@](C)(O)NC(=O)C2CCCN2)cc1. The van der Waals surface area contributed by atoms with Gasteiger partial charge in [-0.1, -0.05) is 24.3 Å². The van der Waals surface area contributed by atoms with Crippen molar-refractivity contribution in [2.75, 3.05) is 6.54 Å². The summed E-state index contributed by atoms with van der Waals surface area (Å²) in [5.41, 5.74) is 3.16. The van der Waals surface area contributed by atoms with Gasteiger partial charge in [-0.05, 0) is 38.8 Å². The number of benzene rings is 1. The van der Waals surface area contributed by atoms with Crippen LogP contribution >= 0.6 is 11.3 Å². The van der Waals surface area contributed by atoms with Gasteiger partial charge in [-0.25, -0.2) is 4.98 Å². The van der Waals surface area contributed by atoms with E-state index in [0.29, 0.717) is 5.56 Å². The van der Waals surface area contributed by atoms with E-state index in [1.54, 1.807) is 18.3 Å². The number of hydrogen-bond acceptors (Lipinski definition) is 5. The van der Waals surface area contributed by atoms with E-state index in [0.717, 1.165) is 35.5 Å². The van der Waals surface area contributed by atoms with Crippen LogP contribution in [-0.2, 0) is 10.5 Å². The Bertz CT molecular complexity index is 688. The van der Waals surface area contributed by atoms with Crippen molar-refractivity contribution in [3.8, 4) is 10.4 Å². The number of amides is 1. The first kappa shape index (κ1) is 16.1. The van der Waals surface area contributed by atoms with Crippen molar-refractivity contribution in [2.45, 2.75) is 38.5 Å². The molecule has 1 aromatic heterocycles. The van der Waals surface area contributed by atoms with E-state index in [1.165, 1.54) is 0 Å². The summed E-state index contributed by atoms with van der Waals surface area (Å²) in [5.74, 6) is -0.158. The lowest BCUT2D eigenvalue weighted by atomic mass is 10.0. The van der Waals surface area contributed by atoms with Gasteiger partial charge in [-0.15, -0.1) is 11.3 Å². The average Bonchev–Trinajstić information content (AvgIpc) is 3.18. The van der Waals surface area contributed by atoms with Gasteiger partial charge in [0.1, 0.15) is 0 Å². The first-order chi connectivity index (χ1) is 11.0. The molecule has 23 heavy (non-hydrogen) atoms. The van der Waals surface area contributed by atoms with Gasteiger partial charge in [0.25, 0.3) is 0 Å². The zero-order chi connectivity index (χ0) is 16.4. The van der Waals surface area contributed by atoms with Gasteiger partial charge in [0.05, 0.1) is 22.1 Å². The summed E-state index contributed by atoms with van der Waals surface area (Å²) in [5, 5.41) is 16.5. The number of carbonyl (C=O) groups excluding carboxylic acids is 1. The highest BCUT2D eigenvalue weighted by Gasteiger charge is 2.30. The van der Waals surface area contributed by atoms with Crippen molar-refractivity contribution in [3.05, 3.63) is 41.0 Å². The van der Waals surface area contributed by atoms with Crippen molar-refractivity contribution in [1.29, 1.82) is 0 Å². The maximum absolute atomic E-state index is 12.2. The van der Waals surface area contributed by atoms with Gasteiger partial charge in [-0.3, -0.25) is 4.79 Å².